The average Bonchev–Trinajstić information content (AvgIpc) is 3.27. The van der Waals surface area contributed by atoms with Gasteiger partial charge in [-0.2, -0.15) is 0 Å². The molecule has 0 bridgehead atoms. The van der Waals surface area contributed by atoms with E-state index >= 15 is 0 Å². The van der Waals surface area contributed by atoms with E-state index in [9.17, 15) is 9.59 Å². The minimum Gasteiger partial charge on any atom is -0.337 e. The van der Waals surface area contributed by atoms with E-state index in [2.05, 4.69) is 11.4 Å². The van der Waals surface area contributed by atoms with Gasteiger partial charge in [0.1, 0.15) is 0 Å². The summed E-state index contributed by atoms with van der Waals surface area (Å²) >= 11 is 3.03. The Morgan fingerprint density at radius 1 is 1.08 bits per heavy atom. The Morgan fingerprint density at radius 2 is 1.92 bits per heavy atom. The molecule has 2 amide bonds. The summed E-state index contributed by atoms with van der Waals surface area (Å²) in [6.45, 7) is 2.62. The molecule has 0 saturated heterocycles. The van der Waals surface area contributed by atoms with Crippen LogP contribution in [0.15, 0.2) is 53.2 Å². The largest absolute Gasteiger partial charge is 0.337 e. The van der Waals surface area contributed by atoms with Crippen LogP contribution in [0.3, 0.4) is 0 Å². The number of thiophene rings is 2. The minimum absolute atomic E-state index is 0.0694. The number of hydrogen-bond donors (Lipinski definition) is 1. The van der Waals surface area contributed by atoms with Crippen LogP contribution in [0.25, 0.3) is 0 Å². The maximum Gasteiger partial charge on any atom is 0.265 e. The van der Waals surface area contributed by atoms with Crippen molar-refractivity contribution < 1.29 is 9.59 Å². The van der Waals surface area contributed by atoms with Crippen molar-refractivity contribution in [3.8, 4) is 0 Å². The third kappa shape index (κ3) is 4.15. The number of carbonyl (C=O) groups excluding carboxylic acids is 2. The first-order chi connectivity index (χ1) is 12.0. The first-order valence-corrected chi connectivity index (χ1v) is 9.54. The summed E-state index contributed by atoms with van der Waals surface area (Å²) in [7, 11) is 1.79. The number of carbonyl (C=O) groups is 2. The summed E-state index contributed by atoms with van der Waals surface area (Å²) in [5, 5.41) is 6.72. The molecule has 0 unspecified atom stereocenters. The van der Waals surface area contributed by atoms with Gasteiger partial charge in [0.15, 0.2) is 0 Å². The molecular weight excluding hydrogens is 352 g/mol. The molecule has 2 aromatic heterocycles. The molecule has 3 aromatic rings. The molecule has 1 N–H and O–H groups in total. The first-order valence-electron chi connectivity index (χ1n) is 7.78. The quantitative estimate of drug-likeness (QED) is 0.711. The van der Waals surface area contributed by atoms with Crippen LogP contribution in [0.1, 0.15) is 30.5 Å². The van der Waals surface area contributed by atoms with Gasteiger partial charge >= 0.3 is 0 Å². The molecule has 3 rings (SSSR count). The molecule has 0 saturated carbocycles. The molecule has 0 aliphatic heterocycles. The second-order valence-corrected chi connectivity index (χ2v) is 7.65. The van der Waals surface area contributed by atoms with Gasteiger partial charge in [0.25, 0.3) is 11.8 Å². The van der Waals surface area contributed by atoms with E-state index in [0.717, 1.165) is 0 Å². The molecule has 25 heavy (non-hydrogen) atoms. The van der Waals surface area contributed by atoms with E-state index < -0.39 is 0 Å². The highest BCUT2D eigenvalue weighted by Crippen LogP contribution is 2.20. The lowest BCUT2D eigenvalue weighted by Crippen LogP contribution is -2.26. The molecule has 128 valence electrons. The number of hydrogen-bond acceptors (Lipinski definition) is 4. The number of rotatable bonds is 5. The normalized spacial score (nSPS) is 10.5. The molecular formula is C19H18N2O2S2. The molecule has 2 heterocycles. The zero-order valence-electron chi connectivity index (χ0n) is 14.0. The van der Waals surface area contributed by atoms with Gasteiger partial charge in [-0.3, -0.25) is 9.59 Å². The Hall–Kier alpha value is -2.44. The van der Waals surface area contributed by atoms with Gasteiger partial charge in [-0.15, -0.1) is 22.7 Å². The summed E-state index contributed by atoms with van der Waals surface area (Å²) < 4.78 is 0. The third-order valence-electron chi connectivity index (χ3n) is 3.81. The molecule has 0 fully saturated rings. The zero-order chi connectivity index (χ0) is 17.8. The highest BCUT2D eigenvalue weighted by molar-refractivity contribution is 7.12. The van der Waals surface area contributed by atoms with Gasteiger partial charge in [0, 0.05) is 23.2 Å². The topological polar surface area (TPSA) is 49.4 Å². The van der Waals surface area contributed by atoms with E-state index in [1.54, 1.807) is 53.6 Å². The molecule has 4 nitrogen and oxygen atoms in total. The summed E-state index contributed by atoms with van der Waals surface area (Å²) in [6, 6.07) is 12.7. The van der Waals surface area contributed by atoms with E-state index in [4.69, 9.17) is 0 Å². The molecule has 1 aromatic carbocycles. The van der Waals surface area contributed by atoms with E-state index in [0.29, 0.717) is 22.7 Å². The van der Waals surface area contributed by atoms with Crippen LogP contribution in [-0.2, 0) is 6.54 Å². The van der Waals surface area contributed by atoms with Crippen molar-refractivity contribution in [2.75, 3.05) is 12.4 Å². The molecule has 0 spiro atoms. The first kappa shape index (κ1) is 17.4. The van der Waals surface area contributed by atoms with Gasteiger partial charge < -0.3 is 10.2 Å². The Kier molecular flexibility index (Phi) is 5.31. The molecule has 0 radical (unpaired) electrons. The number of benzene rings is 1. The van der Waals surface area contributed by atoms with Crippen molar-refractivity contribution in [1.82, 2.24) is 4.90 Å². The van der Waals surface area contributed by atoms with Crippen molar-refractivity contribution in [2.45, 2.75) is 13.5 Å². The fourth-order valence-corrected chi connectivity index (χ4v) is 3.98. The van der Waals surface area contributed by atoms with Gasteiger partial charge in [0.2, 0.25) is 0 Å². The number of nitrogens with zero attached hydrogens (tertiary/aromatic N) is 1. The van der Waals surface area contributed by atoms with Crippen LogP contribution in [0.4, 0.5) is 5.69 Å². The van der Waals surface area contributed by atoms with Crippen molar-refractivity contribution in [2.24, 2.45) is 0 Å². The molecule has 0 aliphatic rings. The van der Waals surface area contributed by atoms with E-state index in [1.165, 1.54) is 21.8 Å². The van der Waals surface area contributed by atoms with Crippen molar-refractivity contribution >= 4 is 40.2 Å². The van der Waals surface area contributed by atoms with Crippen LogP contribution < -0.4 is 5.32 Å². The second kappa shape index (κ2) is 7.63. The van der Waals surface area contributed by atoms with Crippen molar-refractivity contribution in [3.63, 3.8) is 0 Å². The van der Waals surface area contributed by atoms with Crippen LogP contribution in [0.5, 0.6) is 0 Å². The SMILES string of the molecule is Cc1ccsc1CN(C)C(=O)c1cccc(NC(=O)c2cccs2)c1. The van der Waals surface area contributed by atoms with E-state index in [-0.39, 0.29) is 11.8 Å². The van der Waals surface area contributed by atoms with Gasteiger partial charge in [0.05, 0.1) is 11.4 Å². The molecule has 0 atom stereocenters. The van der Waals surface area contributed by atoms with Crippen molar-refractivity contribution in [1.29, 1.82) is 0 Å². The summed E-state index contributed by atoms with van der Waals surface area (Å²) in [5.41, 5.74) is 2.37. The van der Waals surface area contributed by atoms with Crippen molar-refractivity contribution in [3.05, 3.63) is 74.1 Å². The molecule has 0 aliphatic carbocycles. The van der Waals surface area contributed by atoms with Crippen LogP contribution in [-0.4, -0.2) is 23.8 Å². The van der Waals surface area contributed by atoms with Crippen LogP contribution in [0, 0.1) is 6.92 Å². The predicted octanol–water partition coefficient (Wildman–Crippen LogP) is 4.64. The maximum absolute atomic E-state index is 12.7. The smallest absolute Gasteiger partial charge is 0.265 e. The lowest BCUT2D eigenvalue weighted by Gasteiger charge is -2.17. The highest BCUT2D eigenvalue weighted by Gasteiger charge is 2.15. The maximum atomic E-state index is 12.7. The average molecular weight is 370 g/mol. The number of aryl methyl sites for hydroxylation is 1. The lowest BCUT2D eigenvalue weighted by atomic mass is 10.1. The minimum atomic E-state index is -0.165. The zero-order valence-corrected chi connectivity index (χ0v) is 15.6. The predicted molar refractivity (Wildman–Crippen MR) is 104 cm³/mol. The highest BCUT2D eigenvalue weighted by atomic mass is 32.1. The van der Waals surface area contributed by atoms with Crippen LogP contribution >= 0.6 is 22.7 Å². The monoisotopic (exact) mass is 370 g/mol. The number of nitrogens with one attached hydrogen (secondary N) is 1. The number of amides is 2. The van der Waals surface area contributed by atoms with Gasteiger partial charge in [-0.25, -0.2) is 0 Å². The fourth-order valence-electron chi connectivity index (χ4n) is 2.40. The Balaban J connectivity index is 1.71. The number of anilines is 1. The Labute approximate surface area is 154 Å². The van der Waals surface area contributed by atoms with Crippen LogP contribution in [0.2, 0.25) is 0 Å². The standard InChI is InChI=1S/C19H18N2O2S2/c1-13-8-10-25-17(13)12-21(2)19(23)14-5-3-6-15(11-14)20-18(22)16-7-4-9-24-16/h3-11H,12H2,1-2H3,(H,20,22). The third-order valence-corrected chi connectivity index (χ3v) is 5.68. The van der Waals surface area contributed by atoms with E-state index in [1.807, 2.05) is 23.8 Å². The molecule has 6 heteroatoms. The summed E-state index contributed by atoms with van der Waals surface area (Å²) in [4.78, 5) is 28.3. The van der Waals surface area contributed by atoms with Gasteiger partial charge in [-0.05, 0) is 53.6 Å². The van der Waals surface area contributed by atoms with Gasteiger partial charge in [-0.1, -0.05) is 12.1 Å². The Bertz CT molecular complexity index is 884. The second-order valence-electron chi connectivity index (χ2n) is 5.70. The fraction of sp³-hybridized carbons (Fsp3) is 0.158. The summed E-state index contributed by atoms with van der Waals surface area (Å²) in [6.07, 6.45) is 0. The Morgan fingerprint density at radius 3 is 2.60 bits per heavy atom. The summed E-state index contributed by atoms with van der Waals surface area (Å²) in [5.74, 6) is -0.234. The lowest BCUT2D eigenvalue weighted by molar-refractivity contribution is 0.0786.